The van der Waals surface area contributed by atoms with E-state index >= 15 is 0 Å². The van der Waals surface area contributed by atoms with Gasteiger partial charge in [0.25, 0.3) is 0 Å². The van der Waals surface area contributed by atoms with E-state index in [0.717, 1.165) is 0 Å². The van der Waals surface area contributed by atoms with Gasteiger partial charge in [-0.25, -0.2) is 4.79 Å². The van der Waals surface area contributed by atoms with Gasteiger partial charge in [-0.05, 0) is 61.9 Å². The molecule has 2 aromatic carbocycles. The highest BCUT2D eigenvalue weighted by Crippen LogP contribution is 2.36. The van der Waals surface area contributed by atoms with Crippen molar-refractivity contribution in [3.8, 4) is 17.2 Å². The van der Waals surface area contributed by atoms with Gasteiger partial charge in [-0.1, -0.05) is 11.6 Å². The van der Waals surface area contributed by atoms with Gasteiger partial charge in [0.05, 0.1) is 25.8 Å². The zero-order valence-corrected chi connectivity index (χ0v) is 17.5. The summed E-state index contributed by atoms with van der Waals surface area (Å²) in [6.07, 6.45) is 1.81. The van der Waals surface area contributed by atoms with E-state index in [1.54, 1.807) is 36.4 Å². The molecule has 0 radical (unpaired) electrons. The fourth-order valence-electron chi connectivity index (χ4n) is 2.58. The molecule has 0 saturated carbocycles. The minimum atomic E-state index is -0.931. The van der Waals surface area contributed by atoms with Crippen LogP contribution in [0.25, 0.3) is 6.08 Å². The number of esters is 1. The number of carbonyl (C=O) groups is 2. The number of carbonyl (C=O) groups excluding carboxylic acids is 2. The minimum Gasteiger partial charge on any atom is -0.494 e. The van der Waals surface area contributed by atoms with Crippen LogP contribution in [0.15, 0.2) is 42.5 Å². The number of hydrogen-bond acceptors (Lipinski definition) is 6. The molecule has 2 aromatic rings. The van der Waals surface area contributed by atoms with E-state index in [1.807, 2.05) is 6.92 Å². The third kappa shape index (κ3) is 5.99. The number of halogens is 1. The topological polar surface area (TPSA) is 71.1 Å². The molecule has 2 rings (SSSR count). The molecule has 0 N–H and O–H groups in total. The molecule has 0 heterocycles. The first-order valence-electron chi connectivity index (χ1n) is 8.96. The van der Waals surface area contributed by atoms with Crippen LogP contribution in [0.3, 0.4) is 0 Å². The first-order chi connectivity index (χ1) is 13.9. The van der Waals surface area contributed by atoms with Crippen molar-refractivity contribution in [1.29, 1.82) is 0 Å². The van der Waals surface area contributed by atoms with Crippen molar-refractivity contribution in [2.45, 2.75) is 20.0 Å². The summed E-state index contributed by atoms with van der Waals surface area (Å²) in [5, 5.41) is 0.346. The summed E-state index contributed by atoms with van der Waals surface area (Å²) in [7, 11) is 2.98. The maximum atomic E-state index is 12.4. The fraction of sp³-hybridized carbons (Fsp3) is 0.273. The van der Waals surface area contributed by atoms with Crippen LogP contribution >= 0.6 is 11.6 Å². The van der Waals surface area contributed by atoms with Gasteiger partial charge in [-0.15, -0.1) is 0 Å². The molecule has 29 heavy (non-hydrogen) atoms. The summed E-state index contributed by atoms with van der Waals surface area (Å²) in [5.74, 6) is 0.562. The number of methoxy groups -OCH3 is 2. The average molecular weight is 419 g/mol. The van der Waals surface area contributed by atoms with Crippen molar-refractivity contribution in [3.05, 3.63) is 58.6 Å². The van der Waals surface area contributed by atoms with Crippen molar-refractivity contribution < 1.29 is 28.5 Å². The van der Waals surface area contributed by atoms with Gasteiger partial charge in [-0.3, -0.25) is 4.79 Å². The Labute approximate surface area is 175 Å². The van der Waals surface area contributed by atoms with E-state index in [0.29, 0.717) is 40.0 Å². The van der Waals surface area contributed by atoms with Gasteiger partial charge in [0.2, 0.25) is 5.78 Å². The molecular formula is C22H23ClO6. The van der Waals surface area contributed by atoms with Crippen LogP contribution in [0.5, 0.6) is 17.2 Å². The molecular weight excluding hydrogens is 396 g/mol. The van der Waals surface area contributed by atoms with E-state index in [9.17, 15) is 9.59 Å². The lowest BCUT2D eigenvalue weighted by Crippen LogP contribution is -2.23. The average Bonchev–Trinajstić information content (AvgIpc) is 2.72. The summed E-state index contributed by atoms with van der Waals surface area (Å²) in [6.45, 7) is 3.95. The predicted molar refractivity (Wildman–Crippen MR) is 111 cm³/mol. The molecule has 0 aliphatic rings. The zero-order chi connectivity index (χ0) is 21.4. The van der Waals surface area contributed by atoms with Crippen molar-refractivity contribution in [3.63, 3.8) is 0 Å². The Morgan fingerprint density at radius 2 is 1.79 bits per heavy atom. The van der Waals surface area contributed by atoms with Gasteiger partial charge in [-0.2, -0.15) is 0 Å². The standard InChI is InChI=1S/C22H23ClO6/c1-5-28-17-9-7-16(8-10-17)21(25)14(2)29-20(24)11-6-15-12-18(23)22(27-4)19(13-15)26-3/h6-14H,5H2,1-4H3/b11-6+/t14-/m0/s1. The third-order valence-electron chi connectivity index (χ3n) is 3.98. The van der Waals surface area contributed by atoms with Gasteiger partial charge in [0, 0.05) is 11.6 Å². The highest BCUT2D eigenvalue weighted by molar-refractivity contribution is 6.32. The number of rotatable bonds is 9. The zero-order valence-electron chi connectivity index (χ0n) is 16.7. The molecule has 0 bridgehead atoms. The Morgan fingerprint density at radius 3 is 2.38 bits per heavy atom. The van der Waals surface area contributed by atoms with Crippen molar-refractivity contribution in [2.24, 2.45) is 0 Å². The highest BCUT2D eigenvalue weighted by Gasteiger charge is 2.18. The van der Waals surface area contributed by atoms with E-state index in [-0.39, 0.29) is 5.78 Å². The second-order valence-corrected chi connectivity index (χ2v) is 6.38. The van der Waals surface area contributed by atoms with Crippen LogP contribution in [0.4, 0.5) is 0 Å². The van der Waals surface area contributed by atoms with Crippen LogP contribution in [0.1, 0.15) is 29.8 Å². The highest BCUT2D eigenvalue weighted by atomic mass is 35.5. The number of benzene rings is 2. The smallest absolute Gasteiger partial charge is 0.331 e. The first-order valence-corrected chi connectivity index (χ1v) is 9.34. The van der Waals surface area contributed by atoms with Crippen LogP contribution in [-0.2, 0) is 9.53 Å². The Morgan fingerprint density at radius 1 is 1.10 bits per heavy atom. The van der Waals surface area contributed by atoms with Gasteiger partial charge >= 0.3 is 5.97 Å². The van der Waals surface area contributed by atoms with E-state index in [1.165, 1.54) is 33.3 Å². The molecule has 0 aliphatic heterocycles. The lowest BCUT2D eigenvalue weighted by atomic mass is 10.1. The molecule has 6 nitrogen and oxygen atoms in total. The number of hydrogen-bond donors (Lipinski definition) is 0. The van der Waals surface area contributed by atoms with Crippen molar-refractivity contribution in [2.75, 3.05) is 20.8 Å². The third-order valence-corrected chi connectivity index (χ3v) is 4.26. The second kappa shape index (κ2) is 10.5. The van der Waals surface area contributed by atoms with Gasteiger partial charge in [0.1, 0.15) is 5.75 Å². The molecule has 0 unspecified atom stereocenters. The summed E-state index contributed by atoms with van der Waals surface area (Å²) < 4.78 is 20.9. The minimum absolute atomic E-state index is 0.302. The maximum Gasteiger partial charge on any atom is 0.331 e. The number of ketones is 1. The monoisotopic (exact) mass is 418 g/mol. The lowest BCUT2D eigenvalue weighted by molar-refractivity contribution is -0.140. The molecule has 154 valence electrons. The summed E-state index contributed by atoms with van der Waals surface area (Å²) >= 11 is 6.14. The Kier molecular flexibility index (Phi) is 8.09. The van der Waals surface area contributed by atoms with Crippen LogP contribution in [0.2, 0.25) is 5.02 Å². The largest absolute Gasteiger partial charge is 0.494 e. The molecule has 0 aromatic heterocycles. The molecule has 0 amide bonds. The second-order valence-electron chi connectivity index (χ2n) is 5.97. The number of Topliss-reactive ketones (excluding diaryl/α,β-unsaturated/α-hetero) is 1. The SMILES string of the molecule is CCOc1ccc(C(=O)[C@H](C)OC(=O)/C=C/c2cc(Cl)c(OC)c(OC)c2)cc1. The van der Waals surface area contributed by atoms with E-state index in [4.69, 9.17) is 30.5 Å². The fourth-order valence-corrected chi connectivity index (χ4v) is 2.88. The normalized spacial score (nSPS) is 11.8. The summed E-state index contributed by atoms with van der Waals surface area (Å²) in [6, 6.07) is 9.97. The Hall–Kier alpha value is -2.99. The Bertz CT molecular complexity index is 889. The lowest BCUT2D eigenvalue weighted by Gasteiger charge is -2.12. The Balaban J connectivity index is 2.02. The molecule has 0 spiro atoms. The first kappa shape index (κ1) is 22.3. The maximum absolute atomic E-state index is 12.4. The molecule has 7 heteroatoms. The summed E-state index contributed by atoms with van der Waals surface area (Å²) in [4.78, 5) is 24.5. The molecule has 1 atom stereocenters. The van der Waals surface area contributed by atoms with Crippen molar-refractivity contribution >= 4 is 29.4 Å². The molecule has 0 aliphatic carbocycles. The predicted octanol–water partition coefficient (Wildman–Crippen LogP) is 4.58. The molecule has 0 fully saturated rings. The summed E-state index contributed by atoms with van der Waals surface area (Å²) in [5.41, 5.74) is 1.06. The van der Waals surface area contributed by atoms with E-state index < -0.39 is 12.1 Å². The van der Waals surface area contributed by atoms with Gasteiger partial charge in [0.15, 0.2) is 17.6 Å². The van der Waals surface area contributed by atoms with Crippen molar-refractivity contribution in [1.82, 2.24) is 0 Å². The van der Waals surface area contributed by atoms with Gasteiger partial charge < -0.3 is 18.9 Å². The van der Waals surface area contributed by atoms with Crippen LogP contribution in [0, 0.1) is 0 Å². The van der Waals surface area contributed by atoms with Crippen LogP contribution < -0.4 is 14.2 Å². The quantitative estimate of drug-likeness (QED) is 0.337. The van der Waals surface area contributed by atoms with E-state index in [2.05, 4.69) is 0 Å². The number of ether oxygens (including phenoxy) is 4. The molecule has 0 saturated heterocycles. The van der Waals surface area contributed by atoms with Crippen LogP contribution in [-0.4, -0.2) is 38.7 Å².